The SMILES string of the molecule is O=C(O)C(F)(F)F.O=C(c1cc2ncccn2n1)N1CCC(F)(F)[C@@H](Oc2ccc3ccccc3n2)C1. The van der Waals surface area contributed by atoms with Crippen LogP contribution in [0.25, 0.3) is 16.6 Å². The first-order valence-corrected chi connectivity index (χ1v) is 10.7. The lowest BCUT2D eigenvalue weighted by molar-refractivity contribution is -0.192. The highest BCUT2D eigenvalue weighted by molar-refractivity contribution is 5.93. The van der Waals surface area contributed by atoms with Gasteiger partial charge in [-0.05, 0) is 18.2 Å². The van der Waals surface area contributed by atoms with Crippen molar-refractivity contribution in [2.24, 2.45) is 0 Å². The molecule has 1 saturated heterocycles. The van der Waals surface area contributed by atoms with Gasteiger partial charge >= 0.3 is 12.1 Å². The molecule has 4 heterocycles. The summed E-state index contributed by atoms with van der Waals surface area (Å²) in [7, 11) is 0. The van der Waals surface area contributed by atoms with Gasteiger partial charge < -0.3 is 14.7 Å². The van der Waals surface area contributed by atoms with E-state index in [2.05, 4.69) is 15.1 Å². The number of carboxylic acids is 1. The van der Waals surface area contributed by atoms with Crippen molar-refractivity contribution < 1.29 is 41.4 Å². The van der Waals surface area contributed by atoms with E-state index in [1.807, 2.05) is 18.2 Å². The number of alkyl halides is 5. The van der Waals surface area contributed by atoms with Crippen LogP contribution in [0.3, 0.4) is 0 Å². The Balaban J connectivity index is 0.000000405. The molecule has 0 unspecified atom stereocenters. The monoisotopic (exact) mass is 523 g/mol. The molecule has 194 valence electrons. The van der Waals surface area contributed by atoms with Gasteiger partial charge in [0.1, 0.15) is 0 Å². The van der Waals surface area contributed by atoms with Crippen molar-refractivity contribution in [3.05, 3.63) is 66.6 Å². The molecule has 0 saturated carbocycles. The predicted molar refractivity (Wildman–Crippen MR) is 118 cm³/mol. The molecule has 4 aromatic rings. The number of rotatable bonds is 3. The molecule has 9 nitrogen and oxygen atoms in total. The Morgan fingerprint density at radius 3 is 2.54 bits per heavy atom. The Labute approximate surface area is 205 Å². The fourth-order valence-electron chi connectivity index (χ4n) is 3.53. The van der Waals surface area contributed by atoms with Crippen molar-refractivity contribution in [1.82, 2.24) is 24.5 Å². The van der Waals surface area contributed by atoms with Crippen molar-refractivity contribution in [2.45, 2.75) is 24.6 Å². The predicted octanol–water partition coefficient (Wildman–Crippen LogP) is 3.84. The lowest BCUT2D eigenvalue weighted by atomic mass is 10.0. The second kappa shape index (κ2) is 9.95. The van der Waals surface area contributed by atoms with Crippen LogP contribution in [0.1, 0.15) is 16.9 Å². The molecule has 1 aliphatic heterocycles. The van der Waals surface area contributed by atoms with Gasteiger partial charge in [0.05, 0.1) is 12.1 Å². The number of aliphatic carboxylic acids is 1. The minimum atomic E-state index is -5.08. The number of halogens is 5. The Hall–Kier alpha value is -4.36. The van der Waals surface area contributed by atoms with Crippen LogP contribution in [0.15, 0.2) is 60.9 Å². The third-order valence-corrected chi connectivity index (χ3v) is 5.39. The van der Waals surface area contributed by atoms with Crippen LogP contribution in [0, 0.1) is 0 Å². The van der Waals surface area contributed by atoms with Crippen molar-refractivity contribution >= 4 is 28.4 Å². The maximum Gasteiger partial charge on any atom is 0.490 e. The number of hydrogen-bond acceptors (Lipinski definition) is 6. The second-order valence-electron chi connectivity index (χ2n) is 7.97. The summed E-state index contributed by atoms with van der Waals surface area (Å²) >= 11 is 0. The van der Waals surface area contributed by atoms with E-state index >= 15 is 0 Å². The number of nitrogens with zero attached hydrogens (tertiary/aromatic N) is 5. The van der Waals surface area contributed by atoms with E-state index in [0.29, 0.717) is 11.2 Å². The topological polar surface area (TPSA) is 110 Å². The molecule has 5 rings (SSSR count). The van der Waals surface area contributed by atoms with Gasteiger partial charge in [-0.3, -0.25) is 4.79 Å². The largest absolute Gasteiger partial charge is 0.490 e. The molecule has 3 aromatic heterocycles. The number of ether oxygens (including phenoxy) is 1. The molecule has 0 spiro atoms. The number of fused-ring (bicyclic) bond motifs is 2. The van der Waals surface area contributed by atoms with E-state index in [0.717, 1.165) is 5.39 Å². The van der Waals surface area contributed by atoms with E-state index in [1.165, 1.54) is 15.5 Å². The van der Waals surface area contributed by atoms with Crippen LogP contribution < -0.4 is 4.74 Å². The van der Waals surface area contributed by atoms with Gasteiger partial charge in [0.2, 0.25) is 5.88 Å². The first-order chi connectivity index (χ1) is 17.4. The zero-order valence-corrected chi connectivity index (χ0v) is 18.8. The molecule has 1 aromatic carbocycles. The Morgan fingerprint density at radius 1 is 1.11 bits per heavy atom. The number of carbonyl (C=O) groups excluding carboxylic acids is 1. The Kier molecular flexibility index (Phi) is 6.92. The van der Waals surface area contributed by atoms with E-state index in [-0.39, 0.29) is 24.7 Å². The summed E-state index contributed by atoms with van der Waals surface area (Å²) in [6.07, 6.45) is -3.82. The smallest absolute Gasteiger partial charge is 0.475 e. The third-order valence-electron chi connectivity index (χ3n) is 5.39. The number of pyridine rings is 1. The molecule has 0 radical (unpaired) electrons. The molecule has 0 aliphatic carbocycles. The highest BCUT2D eigenvalue weighted by Crippen LogP contribution is 2.32. The van der Waals surface area contributed by atoms with Crippen molar-refractivity contribution in [1.29, 1.82) is 0 Å². The second-order valence-corrected chi connectivity index (χ2v) is 7.97. The van der Waals surface area contributed by atoms with E-state index in [4.69, 9.17) is 14.6 Å². The molecule has 37 heavy (non-hydrogen) atoms. The lowest BCUT2D eigenvalue weighted by Crippen LogP contribution is -2.55. The zero-order valence-electron chi connectivity index (χ0n) is 18.8. The number of aromatic nitrogens is 4. The summed E-state index contributed by atoms with van der Waals surface area (Å²) in [5.74, 6) is -6.17. The summed E-state index contributed by atoms with van der Waals surface area (Å²) in [5, 5.41) is 12.2. The average Bonchev–Trinajstić information content (AvgIpc) is 3.29. The molecule has 1 aliphatic rings. The third kappa shape index (κ3) is 5.90. The summed E-state index contributed by atoms with van der Waals surface area (Å²) in [4.78, 5) is 31.5. The van der Waals surface area contributed by atoms with Crippen LogP contribution >= 0.6 is 0 Å². The van der Waals surface area contributed by atoms with Gasteiger partial charge in [-0.2, -0.15) is 18.3 Å². The molecule has 1 atom stereocenters. The number of amides is 1. The van der Waals surface area contributed by atoms with E-state index < -0.39 is 36.5 Å². The molecular formula is C23H18F5N5O4. The highest BCUT2D eigenvalue weighted by Gasteiger charge is 2.47. The maximum atomic E-state index is 14.6. The van der Waals surface area contributed by atoms with Gasteiger partial charge in [0, 0.05) is 42.9 Å². The number of benzene rings is 1. The summed E-state index contributed by atoms with van der Waals surface area (Å²) in [5.41, 5.74) is 1.32. The van der Waals surface area contributed by atoms with Crippen LogP contribution in [0.2, 0.25) is 0 Å². The molecule has 0 bridgehead atoms. The number of carbonyl (C=O) groups is 2. The van der Waals surface area contributed by atoms with Crippen LogP contribution in [-0.2, 0) is 4.79 Å². The Bertz CT molecular complexity index is 1410. The molecule has 14 heteroatoms. The van der Waals surface area contributed by atoms with Crippen LogP contribution in [0.4, 0.5) is 22.0 Å². The summed E-state index contributed by atoms with van der Waals surface area (Å²) in [6, 6.07) is 13.9. The van der Waals surface area contributed by atoms with Crippen LogP contribution in [-0.4, -0.2) is 72.8 Å². The first-order valence-electron chi connectivity index (χ1n) is 10.7. The quantitative estimate of drug-likeness (QED) is 0.407. The standard InChI is InChI=1S/C21H17F2N5O2.C2HF3O2/c22-21(23)8-11-27(20(29)16-12-18-24-9-3-10-28(18)26-16)13-17(21)30-19-7-6-14-4-1-2-5-15(14)25-19;3-2(4,5)1(6)7/h1-7,9-10,12,17H,8,11,13H2;(H,6,7)/t17-;/m0./s1. The number of piperidine rings is 1. The van der Waals surface area contributed by atoms with Gasteiger partial charge in [0.15, 0.2) is 17.4 Å². The molecule has 1 N–H and O–H groups in total. The molecule has 1 amide bonds. The minimum Gasteiger partial charge on any atom is -0.475 e. The van der Waals surface area contributed by atoms with Crippen LogP contribution in [0.5, 0.6) is 5.88 Å². The van der Waals surface area contributed by atoms with Gasteiger partial charge in [-0.25, -0.2) is 28.1 Å². The fraction of sp³-hybridized carbons (Fsp3) is 0.261. The van der Waals surface area contributed by atoms with Crippen molar-refractivity contribution in [3.8, 4) is 5.88 Å². The highest BCUT2D eigenvalue weighted by atomic mass is 19.4. The average molecular weight is 523 g/mol. The summed E-state index contributed by atoms with van der Waals surface area (Å²) < 4.78 is 67.9. The normalized spacial score (nSPS) is 17.2. The van der Waals surface area contributed by atoms with Gasteiger partial charge in [-0.1, -0.05) is 18.2 Å². The minimum absolute atomic E-state index is 0.0852. The van der Waals surface area contributed by atoms with E-state index in [1.54, 1.807) is 36.7 Å². The molecule has 1 fully saturated rings. The van der Waals surface area contributed by atoms with E-state index in [9.17, 15) is 26.7 Å². The number of hydrogen-bond donors (Lipinski definition) is 1. The zero-order chi connectivity index (χ0) is 26.8. The van der Waals surface area contributed by atoms with Crippen molar-refractivity contribution in [3.63, 3.8) is 0 Å². The lowest BCUT2D eigenvalue weighted by Gasteiger charge is -2.37. The summed E-state index contributed by atoms with van der Waals surface area (Å²) in [6.45, 7) is -0.347. The first kappa shape index (κ1) is 25.7. The Morgan fingerprint density at radius 2 is 1.84 bits per heavy atom. The maximum absolute atomic E-state index is 14.6. The van der Waals surface area contributed by atoms with Crippen molar-refractivity contribution in [2.75, 3.05) is 13.1 Å². The number of carboxylic acid groups (broad SMARTS) is 1. The number of likely N-dealkylation sites (tertiary alicyclic amines) is 1. The molecular weight excluding hydrogens is 505 g/mol. The van der Waals surface area contributed by atoms with Gasteiger partial charge in [0.25, 0.3) is 11.8 Å². The fourth-order valence-corrected chi connectivity index (χ4v) is 3.53. The number of para-hydroxylation sites is 1. The van der Waals surface area contributed by atoms with Gasteiger partial charge in [-0.15, -0.1) is 0 Å².